The summed E-state index contributed by atoms with van der Waals surface area (Å²) in [7, 11) is 3.21. The number of carbonyl (C=O) groups is 1. The average molecular weight is 329 g/mol. The molecule has 0 radical (unpaired) electrons. The van der Waals surface area contributed by atoms with Crippen molar-refractivity contribution in [3.05, 3.63) is 30.0 Å². The molecule has 1 atom stereocenters. The number of H-pyrrole nitrogens is 1. The topological polar surface area (TPSA) is 67.5 Å². The molecule has 1 aliphatic heterocycles. The van der Waals surface area contributed by atoms with Gasteiger partial charge in [-0.2, -0.15) is 5.10 Å². The van der Waals surface area contributed by atoms with Crippen LogP contribution in [0.5, 0.6) is 11.5 Å². The highest BCUT2D eigenvalue weighted by molar-refractivity contribution is 5.93. The van der Waals surface area contributed by atoms with Gasteiger partial charge in [0.1, 0.15) is 17.2 Å². The Labute approximate surface area is 141 Å². The van der Waals surface area contributed by atoms with Crippen molar-refractivity contribution in [3.63, 3.8) is 0 Å². The Morgan fingerprint density at radius 3 is 2.83 bits per heavy atom. The van der Waals surface area contributed by atoms with E-state index in [0.717, 1.165) is 25.1 Å². The Morgan fingerprint density at radius 2 is 2.12 bits per heavy atom. The van der Waals surface area contributed by atoms with Gasteiger partial charge in [-0.1, -0.05) is 6.92 Å². The van der Waals surface area contributed by atoms with Crippen molar-refractivity contribution in [2.24, 2.45) is 5.92 Å². The van der Waals surface area contributed by atoms with Crippen LogP contribution in [0.15, 0.2) is 24.3 Å². The number of ether oxygens (including phenoxy) is 2. The molecule has 128 valence electrons. The lowest BCUT2D eigenvalue weighted by molar-refractivity contribution is 0.0677. The zero-order chi connectivity index (χ0) is 17.1. The average Bonchev–Trinajstić information content (AvgIpc) is 3.10. The minimum Gasteiger partial charge on any atom is -0.497 e. The first-order valence-corrected chi connectivity index (χ1v) is 8.19. The maximum atomic E-state index is 12.6. The summed E-state index contributed by atoms with van der Waals surface area (Å²) >= 11 is 0. The summed E-state index contributed by atoms with van der Waals surface area (Å²) in [6.45, 7) is 3.79. The second-order valence-electron chi connectivity index (χ2n) is 6.23. The van der Waals surface area contributed by atoms with E-state index in [1.807, 2.05) is 17.0 Å². The Hall–Kier alpha value is -2.50. The molecule has 1 aromatic heterocycles. The van der Waals surface area contributed by atoms with Crippen LogP contribution in [-0.4, -0.2) is 48.3 Å². The molecule has 3 rings (SSSR count). The first kappa shape index (κ1) is 16.4. The van der Waals surface area contributed by atoms with Crippen molar-refractivity contribution >= 4 is 5.91 Å². The third kappa shape index (κ3) is 3.22. The van der Waals surface area contributed by atoms with Crippen LogP contribution in [0.3, 0.4) is 0 Å². The number of benzene rings is 1. The molecule has 0 spiro atoms. The normalized spacial score (nSPS) is 17.6. The van der Waals surface area contributed by atoms with Crippen LogP contribution in [0.1, 0.15) is 30.3 Å². The summed E-state index contributed by atoms with van der Waals surface area (Å²) in [4.78, 5) is 14.5. The monoisotopic (exact) mass is 329 g/mol. The molecule has 6 heteroatoms. The smallest absolute Gasteiger partial charge is 0.271 e. The third-order valence-corrected chi connectivity index (χ3v) is 4.44. The molecule has 1 N–H and O–H groups in total. The highest BCUT2D eigenvalue weighted by Gasteiger charge is 2.24. The van der Waals surface area contributed by atoms with Crippen LogP contribution < -0.4 is 9.47 Å². The lowest BCUT2D eigenvalue weighted by atomic mass is 10.00. The molecule has 2 aromatic rings. The minimum absolute atomic E-state index is 0.00720. The van der Waals surface area contributed by atoms with E-state index in [-0.39, 0.29) is 5.91 Å². The van der Waals surface area contributed by atoms with Crippen molar-refractivity contribution < 1.29 is 14.3 Å². The number of nitrogens with zero attached hydrogens (tertiary/aromatic N) is 2. The molecule has 0 aliphatic carbocycles. The molecule has 0 bridgehead atoms. The van der Waals surface area contributed by atoms with Gasteiger partial charge in [0.15, 0.2) is 0 Å². The van der Waals surface area contributed by atoms with E-state index in [2.05, 4.69) is 17.1 Å². The maximum absolute atomic E-state index is 12.6. The van der Waals surface area contributed by atoms with Gasteiger partial charge >= 0.3 is 0 Å². The molecule has 6 nitrogen and oxygen atoms in total. The van der Waals surface area contributed by atoms with Crippen molar-refractivity contribution in [1.82, 2.24) is 15.1 Å². The lowest BCUT2D eigenvalue weighted by Crippen LogP contribution is -2.39. The number of carbonyl (C=O) groups excluding carboxylic acids is 1. The number of rotatable bonds is 4. The van der Waals surface area contributed by atoms with E-state index in [4.69, 9.17) is 9.47 Å². The lowest BCUT2D eigenvalue weighted by Gasteiger charge is -2.30. The number of aromatic nitrogens is 2. The van der Waals surface area contributed by atoms with E-state index in [9.17, 15) is 4.79 Å². The zero-order valence-corrected chi connectivity index (χ0v) is 14.3. The molecule has 1 aromatic carbocycles. The number of hydrogen-bond acceptors (Lipinski definition) is 4. The molecular weight excluding hydrogens is 306 g/mol. The van der Waals surface area contributed by atoms with E-state index in [1.165, 1.54) is 6.42 Å². The van der Waals surface area contributed by atoms with Gasteiger partial charge in [-0.15, -0.1) is 0 Å². The number of methoxy groups -OCH3 is 2. The van der Waals surface area contributed by atoms with Gasteiger partial charge in [0, 0.05) is 24.7 Å². The van der Waals surface area contributed by atoms with Crippen molar-refractivity contribution in [1.29, 1.82) is 0 Å². The largest absolute Gasteiger partial charge is 0.497 e. The van der Waals surface area contributed by atoms with Gasteiger partial charge in [0.25, 0.3) is 5.91 Å². The maximum Gasteiger partial charge on any atom is 0.271 e. The van der Waals surface area contributed by atoms with E-state index in [1.54, 1.807) is 26.4 Å². The van der Waals surface area contributed by atoms with Crippen LogP contribution in [0.25, 0.3) is 11.3 Å². The number of amides is 1. The fourth-order valence-corrected chi connectivity index (χ4v) is 3.12. The standard InChI is InChI=1S/C18H23N3O3/c1-12-5-4-8-21(11-12)18(22)16-10-15(19-20-16)14-7-6-13(23-2)9-17(14)24-3/h6-7,9-10,12H,4-5,8,11H2,1-3H3,(H,19,20). The van der Waals surface area contributed by atoms with Crippen molar-refractivity contribution in [2.45, 2.75) is 19.8 Å². The van der Waals surface area contributed by atoms with Gasteiger partial charge in [0.2, 0.25) is 0 Å². The summed E-state index contributed by atoms with van der Waals surface area (Å²) in [6, 6.07) is 7.31. The minimum atomic E-state index is 0.00720. The highest BCUT2D eigenvalue weighted by Crippen LogP contribution is 2.32. The predicted octanol–water partition coefficient (Wildman–Crippen LogP) is 2.97. The fraction of sp³-hybridized carbons (Fsp3) is 0.444. The summed E-state index contributed by atoms with van der Waals surface area (Å²) in [5.74, 6) is 1.93. The zero-order valence-electron chi connectivity index (χ0n) is 14.3. The molecular formula is C18H23N3O3. The fourth-order valence-electron chi connectivity index (χ4n) is 3.12. The summed E-state index contributed by atoms with van der Waals surface area (Å²) in [5, 5.41) is 7.16. The van der Waals surface area contributed by atoms with Crippen molar-refractivity contribution in [3.8, 4) is 22.8 Å². The van der Waals surface area contributed by atoms with Gasteiger partial charge in [-0.25, -0.2) is 0 Å². The van der Waals surface area contributed by atoms with E-state index in [0.29, 0.717) is 28.8 Å². The Bertz CT molecular complexity index is 726. The number of piperidine rings is 1. The summed E-state index contributed by atoms with van der Waals surface area (Å²) in [5.41, 5.74) is 2.01. The van der Waals surface area contributed by atoms with Crippen molar-refractivity contribution in [2.75, 3.05) is 27.3 Å². The Morgan fingerprint density at radius 1 is 1.29 bits per heavy atom. The Kier molecular flexibility index (Phi) is 4.74. The molecule has 1 aliphatic rings. The molecule has 24 heavy (non-hydrogen) atoms. The third-order valence-electron chi connectivity index (χ3n) is 4.44. The summed E-state index contributed by atoms with van der Waals surface area (Å²) < 4.78 is 10.6. The first-order valence-electron chi connectivity index (χ1n) is 8.19. The van der Waals surface area contributed by atoms with Crippen LogP contribution in [0.4, 0.5) is 0 Å². The Balaban J connectivity index is 1.84. The molecule has 1 saturated heterocycles. The van der Waals surface area contributed by atoms with E-state index < -0.39 is 0 Å². The number of aromatic amines is 1. The number of hydrogen-bond donors (Lipinski definition) is 1. The first-order chi connectivity index (χ1) is 11.6. The molecule has 1 fully saturated rings. The van der Waals surface area contributed by atoms with Gasteiger partial charge in [-0.05, 0) is 37.0 Å². The van der Waals surface area contributed by atoms with Gasteiger partial charge in [-0.3, -0.25) is 9.89 Å². The van der Waals surface area contributed by atoms with Gasteiger partial charge in [0.05, 0.1) is 19.9 Å². The number of likely N-dealkylation sites (tertiary alicyclic amines) is 1. The molecule has 0 saturated carbocycles. The van der Waals surface area contributed by atoms with Gasteiger partial charge < -0.3 is 14.4 Å². The summed E-state index contributed by atoms with van der Waals surface area (Å²) in [6.07, 6.45) is 2.24. The van der Waals surface area contributed by atoms with Crippen LogP contribution >= 0.6 is 0 Å². The molecule has 1 amide bonds. The van der Waals surface area contributed by atoms with E-state index >= 15 is 0 Å². The highest BCUT2D eigenvalue weighted by atomic mass is 16.5. The molecule has 2 heterocycles. The second kappa shape index (κ2) is 6.95. The van der Waals surface area contributed by atoms with Crippen LogP contribution in [0.2, 0.25) is 0 Å². The predicted molar refractivity (Wildman–Crippen MR) is 91.4 cm³/mol. The SMILES string of the molecule is COc1ccc(-c2cc(C(=O)N3CCCC(C)C3)[nH]n2)c(OC)c1. The van der Waals surface area contributed by atoms with Crippen LogP contribution in [0, 0.1) is 5.92 Å². The number of nitrogens with one attached hydrogen (secondary N) is 1. The van der Waals surface area contributed by atoms with Crippen LogP contribution in [-0.2, 0) is 0 Å². The quantitative estimate of drug-likeness (QED) is 0.936. The molecule has 1 unspecified atom stereocenters. The second-order valence-corrected chi connectivity index (χ2v) is 6.23.